The van der Waals surface area contributed by atoms with Gasteiger partial charge in [0.05, 0.1) is 32.3 Å². The molecule has 0 heterocycles. The van der Waals surface area contributed by atoms with E-state index in [0.29, 0.717) is 37.2 Å². The Morgan fingerprint density at radius 1 is 1.04 bits per heavy atom. The van der Waals surface area contributed by atoms with Crippen LogP contribution in [-0.4, -0.2) is 37.5 Å². The third-order valence-electron chi connectivity index (χ3n) is 4.94. The molecule has 0 radical (unpaired) electrons. The molecule has 1 amide bonds. The van der Waals surface area contributed by atoms with Crippen molar-refractivity contribution in [1.29, 1.82) is 0 Å². The summed E-state index contributed by atoms with van der Waals surface area (Å²) in [4.78, 5) is 23.5. The van der Waals surface area contributed by atoms with Crippen LogP contribution in [0.5, 0.6) is 11.5 Å². The molecular formula is C20H29NO6. The molecule has 1 saturated carbocycles. The van der Waals surface area contributed by atoms with Crippen molar-refractivity contribution in [3.63, 3.8) is 0 Å². The second-order valence-electron chi connectivity index (χ2n) is 7.17. The monoisotopic (exact) mass is 379 g/mol. The first-order chi connectivity index (χ1) is 12.8. The highest BCUT2D eigenvalue weighted by atomic mass is 16.6. The molecule has 1 aliphatic carbocycles. The van der Waals surface area contributed by atoms with E-state index in [1.165, 1.54) is 0 Å². The fraction of sp³-hybridized carbons (Fsp3) is 0.600. The summed E-state index contributed by atoms with van der Waals surface area (Å²) in [6, 6.07) is 5.20. The minimum absolute atomic E-state index is 0.108. The average molecular weight is 379 g/mol. The minimum atomic E-state index is -0.750. The molecule has 7 nitrogen and oxygen atoms in total. The highest BCUT2D eigenvalue weighted by Gasteiger charge is 2.33. The average Bonchev–Trinajstić information content (AvgIpc) is 2.65. The van der Waals surface area contributed by atoms with Gasteiger partial charge in [-0.2, -0.15) is 0 Å². The molecule has 1 aromatic rings. The van der Waals surface area contributed by atoms with E-state index in [1.54, 1.807) is 34.1 Å². The quantitative estimate of drug-likeness (QED) is 0.749. The van der Waals surface area contributed by atoms with Gasteiger partial charge in [-0.1, -0.05) is 0 Å². The van der Waals surface area contributed by atoms with Crippen molar-refractivity contribution in [3.05, 3.63) is 23.8 Å². The lowest BCUT2D eigenvalue weighted by atomic mass is 9.76. The molecule has 1 atom stereocenters. The summed E-state index contributed by atoms with van der Waals surface area (Å²) < 4.78 is 16.0. The number of nitrogens with one attached hydrogen (secondary N) is 1. The summed E-state index contributed by atoms with van der Waals surface area (Å²) in [5, 5.41) is 12.2. The number of hydrogen-bond donors (Lipinski definition) is 2. The van der Waals surface area contributed by atoms with Gasteiger partial charge in [0.15, 0.2) is 0 Å². The number of rotatable bonds is 7. The molecule has 0 spiro atoms. The SMILES string of the molecule is COc1cc(OC)cc(C(NC(=O)OC(C)C)[C@H]2CC[C@H](C(=O)O)CC2)c1. The second kappa shape index (κ2) is 9.48. The van der Waals surface area contributed by atoms with Crippen molar-refractivity contribution in [2.24, 2.45) is 11.8 Å². The van der Waals surface area contributed by atoms with Gasteiger partial charge in [0.1, 0.15) is 11.5 Å². The van der Waals surface area contributed by atoms with Crippen molar-refractivity contribution >= 4 is 12.1 Å². The Kier molecular flexibility index (Phi) is 7.33. The molecule has 2 rings (SSSR count). The molecule has 0 bridgehead atoms. The zero-order valence-corrected chi connectivity index (χ0v) is 16.4. The van der Waals surface area contributed by atoms with Crippen molar-refractivity contribution in [2.45, 2.75) is 51.7 Å². The zero-order chi connectivity index (χ0) is 20.0. The Hall–Kier alpha value is -2.44. The number of methoxy groups -OCH3 is 2. The number of alkyl carbamates (subject to hydrolysis) is 1. The number of amides is 1. The summed E-state index contributed by atoms with van der Waals surface area (Å²) >= 11 is 0. The molecule has 2 N–H and O–H groups in total. The first-order valence-electron chi connectivity index (χ1n) is 9.27. The molecule has 1 fully saturated rings. The van der Waals surface area contributed by atoms with Crippen LogP contribution in [0, 0.1) is 11.8 Å². The predicted molar refractivity (Wildman–Crippen MR) is 100 cm³/mol. The van der Waals surface area contributed by atoms with Crippen LogP contribution in [0.3, 0.4) is 0 Å². The number of benzene rings is 1. The molecule has 150 valence electrons. The van der Waals surface area contributed by atoms with Crippen LogP contribution in [0.15, 0.2) is 18.2 Å². The van der Waals surface area contributed by atoms with E-state index in [4.69, 9.17) is 14.2 Å². The molecule has 1 aromatic carbocycles. The topological polar surface area (TPSA) is 94.1 Å². The molecule has 1 unspecified atom stereocenters. The number of carboxylic acid groups (broad SMARTS) is 1. The maximum absolute atomic E-state index is 12.3. The van der Waals surface area contributed by atoms with Crippen molar-refractivity contribution in [3.8, 4) is 11.5 Å². The van der Waals surface area contributed by atoms with E-state index in [0.717, 1.165) is 5.56 Å². The Bertz CT molecular complexity index is 630. The lowest BCUT2D eigenvalue weighted by Gasteiger charge is -2.33. The normalized spacial score (nSPS) is 20.6. The van der Waals surface area contributed by atoms with Crippen LogP contribution in [0.1, 0.15) is 51.1 Å². The Labute approximate surface area is 160 Å². The van der Waals surface area contributed by atoms with Gasteiger partial charge in [0.2, 0.25) is 0 Å². The van der Waals surface area contributed by atoms with E-state index >= 15 is 0 Å². The number of aliphatic carboxylic acids is 1. The first kappa shape index (κ1) is 20.9. The smallest absolute Gasteiger partial charge is 0.407 e. The number of carbonyl (C=O) groups excluding carboxylic acids is 1. The summed E-state index contributed by atoms with van der Waals surface area (Å²) in [5.74, 6) is 0.307. The molecule has 27 heavy (non-hydrogen) atoms. The van der Waals surface area contributed by atoms with Gasteiger partial charge in [-0.15, -0.1) is 0 Å². The summed E-state index contributed by atoms with van der Waals surface area (Å²) in [5.41, 5.74) is 0.852. The van der Waals surface area contributed by atoms with Gasteiger partial charge >= 0.3 is 12.1 Å². The maximum atomic E-state index is 12.3. The number of ether oxygens (including phenoxy) is 3. The van der Waals surface area contributed by atoms with E-state index < -0.39 is 12.1 Å². The van der Waals surface area contributed by atoms with Gasteiger partial charge in [0, 0.05) is 6.07 Å². The van der Waals surface area contributed by atoms with Crippen molar-refractivity contribution in [2.75, 3.05) is 14.2 Å². The number of carbonyl (C=O) groups is 2. The van der Waals surface area contributed by atoms with E-state index in [1.807, 2.05) is 12.1 Å². The van der Waals surface area contributed by atoms with E-state index in [2.05, 4.69) is 5.32 Å². The van der Waals surface area contributed by atoms with Crippen LogP contribution < -0.4 is 14.8 Å². The molecule has 0 saturated heterocycles. The number of hydrogen-bond acceptors (Lipinski definition) is 5. The fourth-order valence-electron chi connectivity index (χ4n) is 3.56. The van der Waals surface area contributed by atoms with Crippen LogP contribution in [0.4, 0.5) is 4.79 Å². The van der Waals surface area contributed by atoms with Gasteiger partial charge in [0.25, 0.3) is 0 Å². The fourth-order valence-corrected chi connectivity index (χ4v) is 3.56. The van der Waals surface area contributed by atoms with Crippen LogP contribution in [0.2, 0.25) is 0 Å². The van der Waals surface area contributed by atoms with Gasteiger partial charge in [-0.3, -0.25) is 4.79 Å². The minimum Gasteiger partial charge on any atom is -0.497 e. The third kappa shape index (κ3) is 5.77. The van der Waals surface area contributed by atoms with Crippen LogP contribution in [-0.2, 0) is 9.53 Å². The number of carboxylic acids is 1. The highest BCUT2D eigenvalue weighted by Crippen LogP contribution is 2.39. The summed E-state index contributed by atoms with van der Waals surface area (Å²) in [7, 11) is 3.15. The molecule has 0 aromatic heterocycles. The first-order valence-corrected chi connectivity index (χ1v) is 9.27. The van der Waals surface area contributed by atoms with Crippen molar-refractivity contribution in [1.82, 2.24) is 5.32 Å². The Morgan fingerprint density at radius 2 is 1.59 bits per heavy atom. The van der Waals surface area contributed by atoms with Gasteiger partial charge < -0.3 is 24.6 Å². The third-order valence-corrected chi connectivity index (χ3v) is 4.94. The molecule has 0 aliphatic heterocycles. The standard InChI is InChI=1S/C20H29NO6/c1-12(2)27-20(24)21-18(13-5-7-14(8-6-13)19(22)23)15-9-16(25-3)11-17(10-15)26-4/h9-14,18H,5-8H2,1-4H3,(H,21,24)(H,22,23)/t13-,14-,18?. The summed E-state index contributed by atoms with van der Waals surface area (Å²) in [6.45, 7) is 3.59. The van der Waals surface area contributed by atoms with Gasteiger partial charge in [-0.25, -0.2) is 4.79 Å². The van der Waals surface area contributed by atoms with Crippen molar-refractivity contribution < 1.29 is 28.9 Å². The zero-order valence-electron chi connectivity index (χ0n) is 16.4. The predicted octanol–water partition coefficient (Wildman–Crippen LogP) is 3.77. The second-order valence-corrected chi connectivity index (χ2v) is 7.17. The molecule has 1 aliphatic rings. The van der Waals surface area contributed by atoms with Crippen LogP contribution in [0.25, 0.3) is 0 Å². The van der Waals surface area contributed by atoms with Gasteiger partial charge in [-0.05, 0) is 63.1 Å². The highest BCUT2D eigenvalue weighted by molar-refractivity contribution is 5.70. The summed E-state index contributed by atoms with van der Waals surface area (Å²) in [6.07, 6.45) is 1.90. The van der Waals surface area contributed by atoms with E-state index in [-0.39, 0.29) is 24.0 Å². The Morgan fingerprint density at radius 3 is 2.04 bits per heavy atom. The molecule has 7 heteroatoms. The van der Waals surface area contributed by atoms with E-state index in [9.17, 15) is 14.7 Å². The van der Waals surface area contributed by atoms with Crippen LogP contribution >= 0.6 is 0 Å². The lowest BCUT2D eigenvalue weighted by Crippen LogP contribution is -2.37. The molecular weight excluding hydrogens is 350 g/mol. The maximum Gasteiger partial charge on any atom is 0.407 e. The Balaban J connectivity index is 2.27. The largest absolute Gasteiger partial charge is 0.497 e. The lowest BCUT2D eigenvalue weighted by molar-refractivity contribution is -0.143.